The topological polar surface area (TPSA) is 21.3 Å². The number of halogens is 2. The van der Waals surface area contributed by atoms with Crippen molar-refractivity contribution in [3.8, 4) is 5.75 Å². The van der Waals surface area contributed by atoms with Crippen molar-refractivity contribution < 1.29 is 55.4 Å². The van der Waals surface area contributed by atoms with Crippen LogP contribution >= 0.6 is 0 Å². The molecule has 1 aromatic rings. The first-order valence-electron chi connectivity index (χ1n) is 9.71. The zero-order valence-corrected chi connectivity index (χ0v) is 25.6. The predicted octanol–water partition coefficient (Wildman–Crippen LogP) is 0.384. The molecule has 0 amide bonds. The summed E-state index contributed by atoms with van der Waals surface area (Å²) in [7, 11) is -3.18. The molecule has 0 heterocycles. The van der Waals surface area contributed by atoms with E-state index in [9.17, 15) is 0 Å². The van der Waals surface area contributed by atoms with Gasteiger partial charge in [0, 0.05) is 5.54 Å². The van der Waals surface area contributed by atoms with Crippen molar-refractivity contribution in [3.63, 3.8) is 0 Å². The van der Waals surface area contributed by atoms with E-state index in [4.69, 9.17) is 4.43 Å². The minimum absolute atomic E-state index is 0. The Bertz CT molecular complexity index is 763. The van der Waals surface area contributed by atoms with Crippen LogP contribution in [0.4, 0.5) is 0 Å². The van der Waals surface area contributed by atoms with Gasteiger partial charge in [-0.3, -0.25) is 0 Å². The van der Waals surface area contributed by atoms with Crippen LogP contribution in [0.1, 0.15) is 45.7 Å². The van der Waals surface area contributed by atoms with E-state index in [1.807, 2.05) is 0 Å². The van der Waals surface area contributed by atoms with Crippen molar-refractivity contribution in [2.45, 2.75) is 78.9 Å². The molecule has 0 spiro atoms. The number of fused-ring (bicyclic) bond motifs is 1. The van der Waals surface area contributed by atoms with Crippen LogP contribution in [-0.2, 0) is 26.2 Å². The Morgan fingerprint density at radius 2 is 1.62 bits per heavy atom. The Balaban J connectivity index is 0. The minimum atomic E-state index is -1.70. The Kier molecular flexibility index (Phi) is 12.1. The van der Waals surface area contributed by atoms with Gasteiger partial charge >= 0.3 is 26.2 Å². The van der Waals surface area contributed by atoms with Crippen LogP contribution in [0.2, 0.25) is 38.8 Å². The van der Waals surface area contributed by atoms with Crippen LogP contribution in [-0.4, -0.2) is 21.9 Å². The van der Waals surface area contributed by atoms with Crippen LogP contribution in [0.15, 0.2) is 29.1 Å². The fraction of sp³-hybridized carbons (Fsp3) is 0.545. The van der Waals surface area contributed by atoms with Gasteiger partial charge in [0.15, 0.2) is 0 Å². The fourth-order valence-corrected chi connectivity index (χ4v) is 5.36. The van der Waals surface area contributed by atoms with Crippen LogP contribution in [0.3, 0.4) is 0 Å². The molecule has 0 bridgehead atoms. The second-order valence-electron chi connectivity index (χ2n) is 10.0. The van der Waals surface area contributed by atoms with Gasteiger partial charge in [-0.2, -0.15) is 0 Å². The summed E-state index contributed by atoms with van der Waals surface area (Å²) in [5.74, 6) is 1.02. The minimum Gasteiger partial charge on any atom is -1.00 e. The van der Waals surface area contributed by atoms with E-state index in [0.29, 0.717) is 0 Å². The van der Waals surface area contributed by atoms with Gasteiger partial charge in [0.25, 0.3) is 0 Å². The summed E-state index contributed by atoms with van der Waals surface area (Å²) in [6.45, 7) is 22.9. The molecule has 1 aliphatic carbocycles. The molecule has 1 aromatic carbocycles. The number of hydrogen-bond acceptors (Lipinski definition) is 2. The summed E-state index contributed by atoms with van der Waals surface area (Å²) in [6.07, 6.45) is 3.65. The van der Waals surface area contributed by atoms with Crippen LogP contribution < -0.4 is 34.6 Å². The second-order valence-corrected chi connectivity index (χ2v) is 19.7. The van der Waals surface area contributed by atoms with Crippen LogP contribution in [0.5, 0.6) is 5.75 Å². The molecule has 0 unspecified atom stereocenters. The third kappa shape index (κ3) is 8.00. The first-order chi connectivity index (χ1) is 11.7. The van der Waals surface area contributed by atoms with E-state index >= 15 is 0 Å². The molecule has 0 saturated heterocycles. The second kappa shape index (κ2) is 11.2. The van der Waals surface area contributed by atoms with Gasteiger partial charge in [-0.15, -0.1) is 34.5 Å². The van der Waals surface area contributed by atoms with Gasteiger partial charge in [0.1, 0.15) is 0 Å². The molecule has 0 atom stereocenters. The number of benzene rings is 1. The molecular weight excluding hydrogens is 513 g/mol. The molecule has 0 aromatic heterocycles. The van der Waals surface area contributed by atoms with Gasteiger partial charge in [-0.1, -0.05) is 44.2 Å². The fourth-order valence-electron chi connectivity index (χ4n) is 3.08. The molecule has 1 radical (unpaired) electrons. The molecule has 1 N–H and O–H groups in total. The average molecular weight is 549 g/mol. The number of hydrogen-bond donors (Lipinski definition) is 1. The first kappa shape index (κ1) is 31.4. The van der Waals surface area contributed by atoms with Crippen molar-refractivity contribution in [1.82, 2.24) is 5.32 Å². The average Bonchev–Trinajstić information content (AvgIpc) is 2.81. The number of allylic oxidation sites excluding steroid dienone is 2. The molecule has 0 aliphatic heterocycles. The van der Waals surface area contributed by atoms with Gasteiger partial charge < -0.3 is 34.6 Å². The van der Waals surface area contributed by atoms with E-state index in [-0.39, 0.29) is 56.6 Å². The Hall–Kier alpha value is 0.197. The first-order valence-corrected chi connectivity index (χ1v) is 16.3. The van der Waals surface area contributed by atoms with Crippen molar-refractivity contribution in [1.29, 1.82) is 0 Å². The van der Waals surface area contributed by atoms with E-state index in [0.717, 1.165) is 17.0 Å². The standard InChI is InChI=1S/C22H36NOSi2.2ClH.Zr/c1-11-26(9,10)16(2)20-18(23-22(3,4)5)15-17-13-12-14-19(21(17)20)24-25(6,7)8;;;/h12-14,23H,11H2,1-10H3;2*1H;/q-1;;;+3/p-2. The quantitative estimate of drug-likeness (QED) is 0.425. The third-order valence-electron chi connectivity index (χ3n) is 4.98. The SMILES string of the molecule is CC[Si](C)(C)C(C)=C1C(NC(C)(C)C)=[C-]c2cccc(O[Si](C)(C)C)c21.[Cl-].[Cl-].[Zr+3]. The van der Waals surface area contributed by atoms with E-state index in [1.165, 1.54) is 22.4 Å². The summed E-state index contributed by atoms with van der Waals surface area (Å²) in [6, 6.07) is 7.62. The molecule has 1 aliphatic rings. The summed E-state index contributed by atoms with van der Waals surface area (Å²) in [5, 5.41) is 5.24. The maximum absolute atomic E-state index is 6.49. The molecule has 161 valence electrons. The van der Waals surface area contributed by atoms with Gasteiger partial charge in [0.05, 0.1) is 13.8 Å². The molecule has 0 saturated carbocycles. The normalized spacial score (nSPS) is 15.2. The Morgan fingerprint density at radius 1 is 1.07 bits per heavy atom. The number of rotatable bonds is 5. The van der Waals surface area contributed by atoms with Crippen molar-refractivity contribution in [3.05, 3.63) is 46.3 Å². The Morgan fingerprint density at radius 3 is 2.07 bits per heavy atom. The maximum Gasteiger partial charge on any atom is 3.00 e. The maximum atomic E-state index is 6.49. The van der Waals surface area contributed by atoms with Crippen LogP contribution in [0, 0.1) is 6.08 Å². The smallest absolute Gasteiger partial charge is 1.00 e. The summed E-state index contributed by atoms with van der Waals surface area (Å²) in [5.41, 5.74) is 4.86. The van der Waals surface area contributed by atoms with E-state index in [1.54, 1.807) is 0 Å². The van der Waals surface area contributed by atoms with Crippen molar-refractivity contribution >= 4 is 22.0 Å². The predicted molar refractivity (Wildman–Crippen MR) is 120 cm³/mol. The Labute approximate surface area is 212 Å². The van der Waals surface area contributed by atoms with E-state index < -0.39 is 16.4 Å². The number of nitrogens with one attached hydrogen (secondary N) is 1. The van der Waals surface area contributed by atoms with Crippen molar-refractivity contribution in [2.75, 3.05) is 0 Å². The van der Waals surface area contributed by atoms with Crippen molar-refractivity contribution in [2.24, 2.45) is 0 Å². The summed E-state index contributed by atoms with van der Waals surface area (Å²) in [4.78, 5) is 0. The molecule has 2 nitrogen and oxygen atoms in total. The summed E-state index contributed by atoms with van der Waals surface area (Å²) < 4.78 is 6.49. The van der Waals surface area contributed by atoms with Gasteiger partial charge in [-0.25, -0.2) is 0 Å². The molecular formula is C22H36Cl2NOSi2Zr. The van der Waals surface area contributed by atoms with Gasteiger partial charge in [-0.05, 0) is 46.5 Å². The molecule has 7 heteroatoms. The molecule has 2 rings (SSSR count). The van der Waals surface area contributed by atoms with Crippen LogP contribution in [0.25, 0.3) is 5.57 Å². The molecule has 0 fully saturated rings. The van der Waals surface area contributed by atoms with Gasteiger partial charge in [0.2, 0.25) is 8.32 Å². The zero-order chi connectivity index (χ0) is 19.9. The summed E-state index contributed by atoms with van der Waals surface area (Å²) >= 11 is 0. The zero-order valence-electron chi connectivity index (χ0n) is 19.6. The van der Waals surface area contributed by atoms with E-state index in [2.05, 4.69) is 96.9 Å². The monoisotopic (exact) mass is 546 g/mol. The molecule has 29 heavy (non-hydrogen) atoms. The largest absolute Gasteiger partial charge is 3.00 e. The third-order valence-corrected chi connectivity index (χ3v) is 9.86.